The lowest BCUT2D eigenvalue weighted by molar-refractivity contribution is 0.176. The summed E-state index contributed by atoms with van der Waals surface area (Å²) in [6.45, 7) is 13.5. The van der Waals surface area contributed by atoms with Crippen molar-refractivity contribution in [3.05, 3.63) is 47.6 Å². The molecule has 2 fully saturated rings. The lowest BCUT2D eigenvalue weighted by Crippen LogP contribution is -2.29. The minimum atomic E-state index is 0.500. The third-order valence-electron chi connectivity index (χ3n) is 8.97. The van der Waals surface area contributed by atoms with Crippen molar-refractivity contribution < 1.29 is 0 Å². The molecule has 0 nitrogen and oxygen atoms in total. The Balaban J connectivity index is 1.28. The van der Waals surface area contributed by atoms with E-state index < -0.39 is 0 Å². The summed E-state index contributed by atoms with van der Waals surface area (Å²) in [5, 5.41) is 0.516. The van der Waals surface area contributed by atoms with E-state index in [0.29, 0.717) is 10.7 Å². The lowest BCUT2D eigenvalue weighted by atomic mass is 9.64. The van der Waals surface area contributed by atoms with E-state index in [2.05, 4.69) is 39.2 Å². The van der Waals surface area contributed by atoms with Crippen molar-refractivity contribution in [2.45, 2.75) is 128 Å². The van der Waals surface area contributed by atoms with Gasteiger partial charge in [0.25, 0.3) is 0 Å². The number of hydrogen-bond acceptors (Lipinski definition) is 1. The summed E-state index contributed by atoms with van der Waals surface area (Å²) in [4.78, 5) is 0. The predicted molar refractivity (Wildman–Crippen MR) is 146 cm³/mol. The van der Waals surface area contributed by atoms with Crippen LogP contribution in [0.1, 0.15) is 123 Å². The molecule has 0 N–H and O–H groups in total. The smallest absolute Gasteiger partial charge is 0.00199 e. The average Bonchev–Trinajstić information content (AvgIpc) is 2.91. The van der Waals surface area contributed by atoms with Gasteiger partial charge in [0.2, 0.25) is 0 Å². The van der Waals surface area contributed by atoms with Crippen LogP contribution in [0.3, 0.4) is 0 Å². The Morgan fingerprint density at radius 3 is 2.62 bits per heavy atom. The molecule has 32 heavy (non-hydrogen) atoms. The van der Waals surface area contributed by atoms with Crippen LogP contribution in [0.4, 0.5) is 0 Å². The van der Waals surface area contributed by atoms with Crippen molar-refractivity contribution in [2.24, 2.45) is 17.3 Å². The molecular formula is C31H50S. The number of fused-ring (bicyclic) bond motifs is 2. The first kappa shape index (κ1) is 25.9. The Kier molecular flexibility index (Phi) is 10.3. The van der Waals surface area contributed by atoms with E-state index in [1.54, 1.807) is 11.1 Å². The third-order valence-corrected chi connectivity index (χ3v) is 9.48. The topological polar surface area (TPSA) is 0 Å². The molecule has 1 heteroatoms. The second-order valence-corrected chi connectivity index (χ2v) is 12.3. The van der Waals surface area contributed by atoms with Gasteiger partial charge in [0.15, 0.2) is 0 Å². The van der Waals surface area contributed by atoms with E-state index in [9.17, 15) is 0 Å². The maximum Gasteiger partial charge on any atom is 0.00199 e. The molecule has 3 aliphatic carbocycles. The van der Waals surface area contributed by atoms with E-state index in [0.717, 1.165) is 18.3 Å². The number of thiol groups is 1. The SMILES string of the molecule is C=C(CCCC1CC=C(C)C=C1C)CCC(S)CCCC(=C)C12CCCCC(CCC1)C2. The fraction of sp³-hybridized carbons (Fsp3) is 0.742. The lowest BCUT2D eigenvalue weighted by Gasteiger charge is -2.41. The highest BCUT2D eigenvalue weighted by atomic mass is 32.1. The van der Waals surface area contributed by atoms with Gasteiger partial charge in [-0.15, -0.1) is 0 Å². The van der Waals surface area contributed by atoms with Gasteiger partial charge in [-0.05, 0) is 108 Å². The molecule has 2 saturated carbocycles. The van der Waals surface area contributed by atoms with Gasteiger partial charge < -0.3 is 0 Å². The number of rotatable bonds is 12. The van der Waals surface area contributed by atoms with Crippen LogP contribution < -0.4 is 0 Å². The Hall–Kier alpha value is -0.690. The Labute approximate surface area is 205 Å². The van der Waals surface area contributed by atoms with Crippen molar-refractivity contribution in [2.75, 3.05) is 0 Å². The molecule has 0 spiro atoms. The van der Waals surface area contributed by atoms with Crippen LogP contribution in [0.5, 0.6) is 0 Å². The summed E-state index contributed by atoms with van der Waals surface area (Å²) in [6.07, 6.45) is 27.4. The molecule has 2 bridgehead atoms. The minimum Gasteiger partial charge on any atom is -0.176 e. The van der Waals surface area contributed by atoms with Crippen LogP contribution in [0.25, 0.3) is 0 Å². The molecule has 0 aromatic rings. The maximum absolute atomic E-state index is 4.93. The summed E-state index contributed by atoms with van der Waals surface area (Å²) < 4.78 is 0. The summed E-state index contributed by atoms with van der Waals surface area (Å²) in [6, 6.07) is 0. The summed E-state index contributed by atoms with van der Waals surface area (Å²) in [7, 11) is 0. The van der Waals surface area contributed by atoms with Crippen molar-refractivity contribution in [1.82, 2.24) is 0 Å². The first-order valence-electron chi connectivity index (χ1n) is 13.8. The zero-order chi connectivity index (χ0) is 23.0. The normalized spacial score (nSPS) is 29.0. The van der Waals surface area contributed by atoms with Gasteiger partial charge in [0.05, 0.1) is 0 Å². The molecular weight excluding hydrogens is 404 g/mol. The summed E-state index contributed by atoms with van der Waals surface area (Å²) in [5.41, 5.74) is 6.53. The van der Waals surface area contributed by atoms with E-state index in [-0.39, 0.29) is 0 Å². The van der Waals surface area contributed by atoms with Gasteiger partial charge in [-0.3, -0.25) is 0 Å². The van der Waals surface area contributed by atoms with Gasteiger partial charge in [-0.1, -0.05) is 79.7 Å². The molecule has 3 aliphatic rings. The van der Waals surface area contributed by atoms with Gasteiger partial charge in [0.1, 0.15) is 0 Å². The van der Waals surface area contributed by atoms with Crippen LogP contribution in [0.15, 0.2) is 47.6 Å². The predicted octanol–water partition coefficient (Wildman–Crippen LogP) is 10.2. The second-order valence-electron chi connectivity index (χ2n) is 11.6. The van der Waals surface area contributed by atoms with Crippen molar-refractivity contribution in [3.63, 3.8) is 0 Å². The van der Waals surface area contributed by atoms with E-state index in [1.165, 1.54) is 114 Å². The van der Waals surface area contributed by atoms with Gasteiger partial charge in [-0.25, -0.2) is 0 Å². The van der Waals surface area contributed by atoms with Crippen LogP contribution in [0, 0.1) is 17.3 Å². The molecule has 0 aliphatic heterocycles. The standard InChI is InChI=1S/C31H50S/c1-24(10-7-14-29-18-16-25(2)22-26(29)3)17-19-30(32)15-8-11-27(4)31-20-6-5-12-28(23-31)13-9-21-31/h16,22,28-30,32H,1,4-15,17-21,23H2,2-3H3. The molecule has 0 saturated heterocycles. The van der Waals surface area contributed by atoms with Crippen LogP contribution >= 0.6 is 12.6 Å². The zero-order valence-electron chi connectivity index (χ0n) is 21.3. The minimum absolute atomic E-state index is 0.500. The highest BCUT2D eigenvalue weighted by Crippen LogP contribution is 2.52. The van der Waals surface area contributed by atoms with Crippen LogP contribution in [0.2, 0.25) is 0 Å². The fourth-order valence-corrected chi connectivity index (χ4v) is 7.12. The molecule has 3 rings (SSSR count). The van der Waals surface area contributed by atoms with Gasteiger partial charge in [0, 0.05) is 5.25 Å². The van der Waals surface area contributed by atoms with E-state index in [1.807, 2.05) is 0 Å². The van der Waals surface area contributed by atoms with Crippen molar-refractivity contribution in [3.8, 4) is 0 Å². The zero-order valence-corrected chi connectivity index (χ0v) is 22.2. The average molecular weight is 455 g/mol. The molecule has 0 aromatic carbocycles. The second kappa shape index (κ2) is 12.7. The highest BCUT2D eigenvalue weighted by molar-refractivity contribution is 7.80. The molecule has 0 radical (unpaired) electrons. The monoisotopic (exact) mass is 454 g/mol. The number of allylic oxidation sites excluding steroid dienone is 6. The Morgan fingerprint density at radius 2 is 1.81 bits per heavy atom. The Bertz CT molecular complexity index is 695. The molecule has 0 amide bonds. The van der Waals surface area contributed by atoms with E-state index in [4.69, 9.17) is 12.6 Å². The van der Waals surface area contributed by atoms with Gasteiger partial charge in [-0.2, -0.15) is 12.6 Å². The number of hydrogen-bond donors (Lipinski definition) is 1. The largest absolute Gasteiger partial charge is 0.176 e. The highest BCUT2D eigenvalue weighted by Gasteiger charge is 2.39. The van der Waals surface area contributed by atoms with Crippen molar-refractivity contribution >= 4 is 12.6 Å². The molecule has 4 atom stereocenters. The van der Waals surface area contributed by atoms with Crippen LogP contribution in [-0.2, 0) is 0 Å². The van der Waals surface area contributed by atoms with Crippen LogP contribution in [-0.4, -0.2) is 5.25 Å². The first-order valence-corrected chi connectivity index (χ1v) is 14.3. The molecule has 4 unspecified atom stereocenters. The van der Waals surface area contributed by atoms with E-state index >= 15 is 0 Å². The third kappa shape index (κ3) is 7.68. The first-order chi connectivity index (χ1) is 15.4. The van der Waals surface area contributed by atoms with Crippen molar-refractivity contribution in [1.29, 1.82) is 0 Å². The summed E-state index contributed by atoms with van der Waals surface area (Å²) >= 11 is 4.93. The molecule has 180 valence electrons. The molecule has 0 heterocycles. The summed E-state index contributed by atoms with van der Waals surface area (Å²) in [5.74, 6) is 1.75. The molecule has 0 aromatic heterocycles. The quantitative estimate of drug-likeness (QED) is 0.220. The Morgan fingerprint density at radius 1 is 1.03 bits per heavy atom. The fourth-order valence-electron chi connectivity index (χ4n) is 6.80. The maximum atomic E-state index is 4.93. The van der Waals surface area contributed by atoms with Gasteiger partial charge >= 0.3 is 0 Å².